The van der Waals surface area contributed by atoms with Gasteiger partial charge in [-0.1, -0.05) is 11.6 Å². The third-order valence-corrected chi connectivity index (χ3v) is 4.36. The fourth-order valence-corrected chi connectivity index (χ4v) is 3.04. The summed E-state index contributed by atoms with van der Waals surface area (Å²) in [6.07, 6.45) is 2.17. The molecule has 1 aliphatic heterocycles. The number of benzene rings is 2. The van der Waals surface area contributed by atoms with Crippen LogP contribution in [-0.2, 0) is 11.2 Å². The predicted octanol–water partition coefficient (Wildman–Crippen LogP) is 4.43. The van der Waals surface area contributed by atoms with Gasteiger partial charge in [0, 0.05) is 28.9 Å². The molecule has 5 nitrogen and oxygen atoms in total. The highest BCUT2D eigenvalue weighted by Crippen LogP contribution is 2.34. The maximum absolute atomic E-state index is 11.7. The molecule has 0 aromatic heterocycles. The Kier molecular flexibility index (Phi) is 5.40. The lowest BCUT2D eigenvalue weighted by Gasteiger charge is -2.17. The molecule has 0 saturated carbocycles. The summed E-state index contributed by atoms with van der Waals surface area (Å²) in [4.78, 5) is 11.7. The zero-order valence-electron chi connectivity index (χ0n) is 13.7. The van der Waals surface area contributed by atoms with Gasteiger partial charge in [-0.2, -0.15) is 0 Å². The van der Waals surface area contributed by atoms with Crippen LogP contribution in [0.3, 0.4) is 0 Å². The molecule has 7 heteroatoms. The first-order chi connectivity index (χ1) is 12.0. The van der Waals surface area contributed by atoms with Crippen molar-refractivity contribution in [2.75, 3.05) is 23.1 Å². The topological polar surface area (TPSA) is 62.4 Å². The molecule has 25 heavy (non-hydrogen) atoms. The van der Waals surface area contributed by atoms with Crippen molar-refractivity contribution in [3.8, 4) is 5.75 Å². The van der Waals surface area contributed by atoms with Crippen molar-refractivity contribution >= 4 is 51.9 Å². The fourth-order valence-electron chi connectivity index (χ4n) is 2.68. The average Bonchev–Trinajstić information content (AvgIpc) is 2.76. The van der Waals surface area contributed by atoms with Crippen molar-refractivity contribution in [1.82, 2.24) is 0 Å². The van der Waals surface area contributed by atoms with Gasteiger partial charge >= 0.3 is 0 Å². The van der Waals surface area contributed by atoms with E-state index in [1.165, 1.54) is 0 Å². The number of hydrogen-bond acceptors (Lipinski definition) is 3. The maximum Gasteiger partial charge on any atom is 0.224 e. The normalized spacial score (nSPS) is 13.3. The summed E-state index contributed by atoms with van der Waals surface area (Å²) in [7, 11) is 1.58. The van der Waals surface area contributed by atoms with Gasteiger partial charge in [0.25, 0.3) is 0 Å². The highest BCUT2D eigenvalue weighted by atomic mass is 35.5. The Morgan fingerprint density at radius 2 is 1.96 bits per heavy atom. The van der Waals surface area contributed by atoms with Gasteiger partial charge in [0.1, 0.15) is 5.75 Å². The Bertz CT molecular complexity index is 809. The highest BCUT2D eigenvalue weighted by molar-refractivity contribution is 7.80. The van der Waals surface area contributed by atoms with E-state index in [1.807, 2.05) is 24.3 Å². The van der Waals surface area contributed by atoms with Crippen LogP contribution in [0.15, 0.2) is 36.4 Å². The molecule has 3 rings (SSSR count). The van der Waals surface area contributed by atoms with Crippen molar-refractivity contribution in [2.24, 2.45) is 0 Å². The Morgan fingerprint density at radius 3 is 2.68 bits per heavy atom. The lowest BCUT2D eigenvalue weighted by molar-refractivity contribution is -0.116. The molecule has 1 amide bonds. The van der Waals surface area contributed by atoms with E-state index in [0.29, 0.717) is 22.3 Å². The van der Waals surface area contributed by atoms with Crippen molar-refractivity contribution in [2.45, 2.75) is 19.3 Å². The van der Waals surface area contributed by atoms with Crippen LogP contribution in [0.4, 0.5) is 17.1 Å². The Hall–Kier alpha value is -2.31. The number of carbonyl (C=O) groups is 1. The van der Waals surface area contributed by atoms with Gasteiger partial charge in [0.2, 0.25) is 5.91 Å². The summed E-state index contributed by atoms with van der Waals surface area (Å²) in [5.74, 6) is 0.641. The standard InChI is InChI=1S/C18H18ClN3O2S/c1-24-16-10-14-11(3-2-4-17(23)21-14)9-15(16)22-18(25)20-13-7-5-12(19)6-8-13/h5-10H,2-4H2,1H3,(H,21,23)(H2,20,22,25). The molecular weight excluding hydrogens is 358 g/mol. The van der Waals surface area contributed by atoms with Crippen LogP contribution in [0, 0.1) is 0 Å². The Labute approximate surface area is 156 Å². The third-order valence-electron chi connectivity index (χ3n) is 3.90. The predicted molar refractivity (Wildman–Crippen MR) is 106 cm³/mol. The van der Waals surface area contributed by atoms with Gasteiger partial charge < -0.3 is 20.7 Å². The largest absolute Gasteiger partial charge is 0.494 e. The van der Waals surface area contributed by atoms with Crippen LogP contribution in [0.2, 0.25) is 5.02 Å². The summed E-state index contributed by atoms with van der Waals surface area (Å²) in [5, 5.41) is 10.3. The first kappa shape index (κ1) is 17.5. The molecule has 3 N–H and O–H groups in total. The van der Waals surface area contributed by atoms with Gasteiger partial charge in [-0.15, -0.1) is 0 Å². The summed E-state index contributed by atoms with van der Waals surface area (Å²) in [5.41, 5.74) is 3.44. The molecule has 0 saturated heterocycles. The summed E-state index contributed by atoms with van der Waals surface area (Å²) in [6.45, 7) is 0. The lowest BCUT2D eigenvalue weighted by atomic mass is 10.1. The number of anilines is 3. The van der Waals surface area contributed by atoms with Gasteiger partial charge in [0.05, 0.1) is 12.8 Å². The number of thiocarbonyl (C=S) groups is 1. The molecule has 0 fully saturated rings. The quantitative estimate of drug-likeness (QED) is 0.692. The van der Waals surface area contributed by atoms with Crippen LogP contribution in [0.5, 0.6) is 5.75 Å². The zero-order valence-corrected chi connectivity index (χ0v) is 15.3. The average molecular weight is 376 g/mol. The molecule has 0 bridgehead atoms. The number of halogens is 1. The molecule has 2 aromatic rings. The van der Waals surface area contributed by atoms with Crippen molar-refractivity contribution in [1.29, 1.82) is 0 Å². The molecule has 2 aromatic carbocycles. The van der Waals surface area contributed by atoms with E-state index in [1.54, 1.807) is 19.2 Å². The second-order valence-corrected chi connectivity index (χ2v) is 6.54. The molecule has 1 aliphatic rings. The molecule has 0 unspecified atom stereocenters. The molecule has 0 spiro atoms. The minimum Gasteiger partial charge on any atom is -0.494 e. The van der Waals surface area contributed by atoms with Crippen molar-refractivity contribution < 1.29 is 9.53 Å². The number of hydrogen-bond donors (Lipinski definition) is 3. The number of amides is 1. The second kappa shape index (κ2) is 7.72. The number of nitrogens with one attached hydrogen (secondary N) is 3. The lowest BCUT2D eigenvalue weighted by Crippen LogP contribution is -2.19. The van der Waals surface area contributed by atoms with E-state index in [-0.39, 0.29) is 5.91 Å². The molecule has 0 aliphatic carbocycles. The van der Waals surface area contributed by atoms with Crippen LogP contribution in [-0.4, -0.2) is 18.1 Å². The zero-order chi connectivity index (χ0) is 17.8. The Morgan fingerprint density at radius 1 is 1.20 bits per heavy atom. The van der Waals surface area contributed by atoms with Crippen LogP contribution in [0.25, 0.3) is 0 Å². The SMILES string of the molecule is COc1cc2c(cc1NC(=S)Nc1ccc(Cl)cc1)CCCC(=O)N2. The maximum atomic E-state index is 11.7. The molecule has 0 radical (unpaired) electrons. The third kappa shape index (κ3) is 4.41. The smallest absolute Gasteiger partial charge is 0.224 e. The van der Waals surface area contributed by atoms with Crippen LogP contribution in [0.1, 0.15) is 18.4 Å². The monoisotopic (exact) mass is 375 g/mol. The van der Waals surface area contributed by atoms with Crippen LogP contribution >= 0.6 is 23.8 Å². The first-order valence-corrected chi connectivity index (χ1v) is 8.68. The van der Waals surface area contributed by atoms with Crippen molar-refractivity contribution in [3.05, 3.63) is 47.0 Å². The minimum absolute atomic E-state index is 0.0291. The summed E-state index contributed by atoms with van der Waals surface area (Å²) in [6, 6.07) is 11.1. The number of rotatable bonds is 3. The van der Waals surface area contributed by atoms with Gasteiger partial charge in [-0.25, -0.2) is 0 Å². The molecule has 130 valence electrons. The van der Waals surface area contributed by atoms with E-state index < -0.39 is 0 Å². The molecule has 0 atom stereocenters. The van der Waals surface area contributed by atoms with E-state index in [2.05, 4.69) is 16.0 Å². The van der Waals surface area contributed by atoms with E-state index in [0.717, 1.165) is 35.5 Å². The summed E-state index contributed by atoms with van der Waals surface area (Å²) < 4.78 is 5.44. The van der Waals surface area contributed by atoms with Gasteiger partial charge in [0.15, 0.2) is 5.11 Å². The van der Waals surface area contributed by atoms with E-state index in [4.69, 9.17) is 28.6 Å². The summed E-state index contributed by atoms with van der Waals surface area (Å²) >= 11 is 11.3. The number of ether oxygens (including phenoxy) is 1. The fraction of sp³-hybridized carbons (Fsp3) is 0.222. The molecular formula is C18H18ClN3O2S. The first-order valence-electron chi connectivity index (χ1n) is 7.89. The van der Waals surface area contributed by atoms with Crippen molar-refractivity contribution in [3.63, 3.8) is 0 Å². The minimum atomic E-state index is 0.0291. The van der Waals surface area contributed by atoms with E-state index >= 15 is 0 Å². The van der Waals surface area contributed by atoms with E-state index in [9.17, 15) is 4.79 Å². The number of carbonyl (C=O) groups excluding carboxylic acids is 1. The second-order valence-electron chi connectivity index (χ2n) is 5.70. The number of methoxy groups -OCH3 is 1. The highest BCUT2D eigenvalue weighted by Gasteiger charge is 2.17. The van der Waals surface area contributed by atoms with Gasteiger partial charge in [-0.3, -0.25) is 4.79 Å². The number of fused-ring (bicyclic) bond motifs is 1. The Balaban J connectivity index is 1.79. The molecule has 1 heterocycles. The van der Waals surface area contributed by atoms with Gasteiger partial charge in [-0.05, 0) is 61.0 Å². The van der Waals surface area contributed by atoms with Crippen LogP contribution < -0.4 is 20.7 Å². The number of aryl methyl sites for hydroxylation is 1.